The predicted octanol–water partition coefficient (Wildman–Crippen LogP) is 2.10. The SMILES string of the molecule is CC1(C)OB(C(=Cc2cnc(C#N)c(F)c2)CO)OC1(C)C. The molecule has 0 aliphatic carbocycles. The molecule has 0 spiro atoms. The number of aliphatic hydroxyl groups is 1. The van der Waals surface area contributed by atoms with Gasteiger partial charge < -0.3 is 14.4 Å². The Morgan fingerprint density at radius 1 is 1.41 bits per heavy atom. The zero-order valence-corrected chi connectivity index (χ0v) is 13.1. The van der Waals surface area contributed by atoms with Crippen LogP contribution >= 0.6 is 0 Å². The molecule has 0 atom stereocenters. The third-order valence-electron chi connectivity index (χ3n) is 4.06. The van der Waals surface area contributed by atoms with Gasteiger partial charge in [0.05, 0.1) is 17.8 Å². The van der Waals surface area contributed by atoms with Gasteiger partial charge in [0.1, 0.15) is 6.07 Å². The van der Waals surface area contributed by atoms with Gasteiger partial charge >= 0.3 is 7.12 Å². The number of nitrogens with zero attached hydrogens (tertiary/aromatic N) is 2. The Bertz CT molecular complexity index is 637. The lowest BCUT2D eigenvalue weighted by atomic mass is 9.77. The number of pyridine rings is 1. The van der Waals surface area contributed by atoms with E-state index >= 15 is 0 Å². The standard InChI is InChI=1S/C15H18BFN2O3/c1-14(2)15(3,4)22-16(21-14)11(9-20)5-10-6-12(17)13(7-18)19-8-10/h5-6,8,20H,9H2,1-4H3. The molecule has 1 aromatic heterocycles. The number of nitriles is 1. The molecule has 1 aliphatic rings. The maximum Gasteiger partial charge on any atom is 0.492 e. The van der Waals surface area contributed by atoms with E-state index in [1.165, 1.54) is 12.3 Å². The first-order chi connectivity index (χ1) is 10.2. The maximum absolute atomic E-state index is 13.6. The minimum Gasteiger partial charge on any atom is -0.400 e. The normalized spacial score (nSPS) is 20.0. The van der Waals surface area contributed by atoms with Gasteiger partial charge in [0.2, 0.25) is 0 Å². The van der Waals surface area contributed by atoms with Crippen molar-refractivity contribution in [3.05, 3.63) is 34.8 Å². The topological polar surface area (TPSA) is 75.4 Å². The number of hydrogen-bond acceptors (Lipinski definition) is 5. The first-order valence-electron chi connectivity index (χ1n) is 6.93. The first kappa shape index (κ1) is 16.6. The molecule has 1 aromatic rings. The summed E-state index contributed by atoms with van der Waals surface area (Å²) in [5.41, 5.74) is -0.432. The number of halogens is 1. The van der Waals surface area contributed by atoms with E-state index in [0.29, 0.717) is 11.0 Å². The molecule has 22 heavy (non-hydrogen) atoms. The van der Waals surface area contributed by atoms with Crippen LogP contribution in [-0.2, 0) is 9.31 Å². The van der Waals surface area contributed by atoms with Crippen LogP contribution in [0.25, 0.3) is 6.08 Å². The number of aliphatic hydroxyl groups excluding tert-OH is 1. The quantitative estimate of drug-likeness (QED) is 0.866. The molecule has 0 aromatic carbocycles. The second kappa shape index (κ2) is 5.80. The summed E-state index contributed by atoms with van der Waals surface area (Å²) in [6.45, 7) is 7.34. The summed E-state index contributed by atoms with van der Waals surface area (Å²) in [6.07, 6.45) is 2.92. The molecule has 116 valence electrons. The lowest BCUT2D eigenvalue weighted by molar-refractivity contribution is 0.00578. The van der Waals surface area contributed by atoms with Crippen molar-refractivity contribution in [1.82, 2.24) is 4.98 Å². The van der Waals surface area contributed by atoms with E-state index in [0.717, 1.165) is 0 Å². The molecule has 1 aliphatic heterocycles. The van der Waals surface area contributed by atoms with Crippen LogP contribution in [-0.4, -0.2) is 35.0 Å². The molecule has 1 fully saturated rings. The Morgan fingerprint density at radius 3 is 2.45 bits per heavy atom. The molecule has 7 heteroatoms. The summed E-state index contributed by atoms with van der Waals surface area (Å²) < 4.78 is 25.3. The van der Waals surface area contributed by atoms with Crippen LogP contribution in [0.3, 0.4) is 0 Å². The fraction of sp³-hybridized carbons (Fsp3) is 0.467. The fourth-order valence-electron chi connectivity index (χ4n) is 2.01. The van der Waals surface area contributed by atoms with Crippen molar-refractivity contribution in [1.29, 1.82) is 5.26 Å². The van der Waals surface area contributed by atoms with Crippen LogP contribution in [0.1, 0.15) is 39.0 Å². The van der Waals surface area contributed by atoms with Gasteiger partial charge in [-0.3, -0.25) is 0 Å². The van der Waals surface area contributed by atoms with Gasteiger partial charge in [-0.25, -0.2) is 9.37 Å². The number of rotatable bonds is 3. The molecule has 2 rings (SSSR count). The Hall–Kier alpha value is -1.75. The second-order valence-corrected chi connectivity index (χ2v) is 6.18. The van der Waals surface area contributed by atoms with Crippen LogP contribution in [0, 0.1) is 17.1 Å². The molecular formula is C15H18BFN2O3. The van der Waals surface area contributed by atoms with E-state index in [2.05, 4.69) is 4.98 Å². The molecule has 2 heterocycles. The van der Waals surface area contributed by atoms with Crippen molar-refractivity contribution >= 4 is 13.2 Å². The van der Waals surface area contributed by atoms with Gasteiger partial charge in [-0.2, -0.15) is 5.26 Å². The Labute approximate surface area is 129 Å². The van der Waals surface area contributed by atoms with Crippen LogP contribution in [0.2, 0.25) is 0 Å². The summed E-state index contributed by atoms with van der Waals surface area (Å²) in [4.78, 5) is 3.72. The van der Waals surface area contributed by atoms with Gasteiger partial charge in [0.15, 0.2) is 11.5 Å². The van der Waals surface area contributed by atoms with Crippen molar-refractivity contribution in [3.63, 3.8) is 0 Å². The molecule has 1 N–H and O–H groups in total. The highest BCUT2D eigenvalue weighted by Gasteiger charge is 2.52. The van der Waals surface area contributed by atoms with Gasteiger partial charge in [0.25, 0.3) is 0 Å². The highest BCUT2D eigenvalue weighted by Crippen LogP contribution is 2.38. The number of aromatic nitrogens is 1. The van der Waals surface area contributed by atoms with E-state index in [1.54, 1.807) is 12.1 Å². The van der Waals surface area contributed by atoms with Crippen LogP contribution in [0.5, 0.6) is 0 Å². The zero-order chi connectivity index (χ0) is 16.5. The Kier molecular flexibility index (Phi) is 4.38. The average molecular weight is 304 g/mol. The predicted molar refractivity (Wildman–Crippen MR) is 80.1 cm³/mol. The molecule has 0 bridgehead atoms. The molecule has 1 saturated heterocycles. The zero-order valence-electron chi connectivity index (χ0n) is 13.1. The van der Waals surface area contributed by atoms with Gasteiger partial charge in [-0.1, -0.05) is 6.08 Å². The Morgan fingerprint density at radius 2 is 2.00 bits per heavy atom. The summed E-state index contributed by atoms with van der Waals surface area (Å²) in [7, 11) is -0.714. The second-order valence-electron chi connectivity index (χ2n) is 6.18. The highest BCUT2D eigenvalue weighted by molar-refractivity contribution is 6.55. The average Bonchev–Trinajstić information content (AvgIpc) is 2.65. The molecule has 0 radical (unpaired) electrons. The third kappa shape index (κ3) is 3.04. The summed E-state index contributed by atoms with van der Waals surface area (Å²) in [5, 5.41) is 18.2. The largest absolute Gasteiger partial charge is 0.492 e. The van der Waals surface area contributed by atoms with Gasteiger partial charge in [0, 0.05) is 6.20 Å². The van der Waals surface area contributed by atoms with Crippen LogP contribution in [0.4, 0.5) is 4.39 Å². The van der Waals surface area contributed by atoms with Crippen molar-refractivity contribution in [2.24, 2.45) is 0 Å². The van der Waals surface area contributed by atoms with Crippen LogP contribution < -0.4 is 0 Å². The van der Waals surface area contributed by atoms with Crippen molar-refractivity contribution < 1.29 is 18.8 Å². The monoisotopic (exact) mass is 304 g/mol. The number of hydrogen-bond donors (Lipinski definition) is 1. The molecule has 0 amide bonds. The van der Waals surface area contributed by atoms with Crippen molar-refractivity contribution in [2.75, 3.05) is 6.61 Å². The summed E-state index contributed by atoms with van der Waals surface area (Å²) >= 11 is 0. The smallest absolute Gasteiger partial charge is 0.400 e. The minimum atomic E-state index is -0.714. The summed E-state index contributed by atoms with van der Waals surface area (Å²) in [5.74, 6) is -0.706. The van der Waals surface area contributed by atoms with E-state index in [9.17, 15) is 9.50 Å². The first-order valence-corrected chi connectivity index (χ1v) is 6.93. The molecule has 0 saturated carbocycles. The van der Waals surface area contributed by atoms with Gasteiger partial charge in [-0.15, -0.1) is 0 Å². The van der Waals surface area contributed by atoms with E-state index < -0.39 is 24.1 Å². The Balaban J connectivity index is 2.30. The highest BCUT2D eigenvalue weighted by atomic mass is 19.1. The maximum atomic E-state index is 13.6. The minimum absolute atomic E-state index is 0.265. The lowest BCUT2D eigenvalue weighted by Crippen LogP contribution is -2.41. The fourth-order valence-corrected chi connectivity index (χ4v) is 2.01. The summed E-state index contributed by atoms with van der Waals surface area (Å²) in [6, 6.07) is 2.85. The van der Waals surface area contributed by atoms with Crippen LogP contribution in [0.15, 0.2) is 17.7 Å². The van der Waals surface area contributed by atoms with E-state index in [1.807, 2.05) is 27.7 Å². The van der Waals surface area contributed by atoms with E-state index in [-0.39, 0.29) is 12.3 Å². The molecule has 0 unspecified atom stereocenters. The van der Waals surface area contributed by atoms with E-state index in [4.69, 9.17) is 14.6 Å². The van der Waals surface area contributed by atoms with Gasteiger partial charge in [-0.05, 0) is 44.8 Å². The van der Waals surface area contributed by atoms with Crippen molar-refractivity contribution in [3.8, 4) is 6.07 Å². The molecular weight excluding hydrogens is 286 g/mol. The van der Waals surface area contributed by atoms with Crippen molar-refractivity contribution in [2.45, 2.75) is 38.9 Å². The lowest BCUT2D eigenvalue weighted by Gasteiger charge is -2.32. The molecule has 5 nitrogen and oxygen atoms in total. The third-order valence-corrected chi connectivity index (χ3v) is 4.06.